The van der Waals surface area contributed by atoms with E-state index in [4.69, 9.17) is 4.74 Å². The summed E-state index contributed by atoms with van der Waals surface area (Å²) in [4.78, 5) is 41.1. The Hall–Kier alpha value is -2.57. The van der Waals surface area contributed by atoms with Crippen LogP contribution in [0.15, 0.2) is 18.2 Å². The average Bonchev–Trinajstić information content (AvgIpc) is 2.74. The van der Waals surface area contributed by atoms with Crippen molar-refractivity contribution >= 4 is 17.9 Å². The average molecular weight is 476 g/mol. The van der Waals surface area contributed by atoms with Gasteiger partial charge in [0.15, 0.2) is 0 Å². The predicted molar refractivity (Wildman–Crippen MR) is 137 cm³/mol. The van der Waals surface area contributed by atoms with Gasteiger partial charge in [-0.15, -0.1) is 0 Å². The molecule has 0 aliphatic carbocycles. The summed E-state index contributed by atoms with van der Waals surface area (Å²) in [7, 11) is 0. The fraction of sp³-hybridized carbons (Fsp3) is 0.667. The first kappa shape index (κ1) is 29.5. The molecule has 0 aromatic heterocycles. The second-order valence-corrected chi connectivity index (χ2v) is 9.94. The molecule has 192 valence electrons. The predicted octanol–water partition coefficient (Wildman–Crippen LogP) is 5.19. The Morgan fingerprint density at radius 2 is 1.68 bits per heavy atom. The maximum Gasteiger partial charge on any atom is 0.408 e. The number of hydrogen-bond donors (Lipinski definition) is 2. The Balaban J connectivity index is 3.34. The molecule has 0 saturated carbocycles. The Labute approximate surface area is 206 Å². The quantitative estimate of drug-likeness (QED) is 0.407. The summed E-state index contributed by atoms with van der Waals surface area (Å²) < 4.78 is 5.33. The summed E-state index contributed by atoms with van der Waals surface area (Å²) in [5, 5.41) is 5.67. The van der Waals surface area contributed by atoms with Crippen molar-refractivity contribution in [2.45, 2.75) is 105 Å². The lowest BCUT2D eigenvalue weighted by atomic mass is 9.95. The number of rotatable bonds is 12. The first-order valence-corrected chi connectivity index (χ1v) is 12.6. The molecule has 0 radical (unpaired) electrons. The number of hydrogen-bond acceptors (Lipinski definition) is 4. The minimum atomic E-state index is -0.840. The van der Waals surface area contributed by atoms with Crippen molar-refractivity contribution in [1.82, 2.24) is 15.5 Å². The van der Waals surface area contributed by atoms with Crippen LogP contribution in [0.4, 0.5) is 4.79 Å². The molecule has 0 spiro atoms. The Kier molecular flexibility index (Phi) is 12.1. The molecular weight excluding hydrogens is 430 g/mol. The summed E-state index contributed by atoms with van der Waals surface area (Å²) in [6, 6.07) is 4.22. The van der Waals surface area contributed by atoms with E-state index in [1.165, 1.54) is 0 Å². The zero-order chi connectivity index (χ0) is 25.9. The van der Waals surface area contributed by atoms with Crippen LogP contribution in [0.1, 0.15) is 96.4 Å². The lowest BCUT2D eigenvalue weighted by molar-refractivity contribution is -0.142. The van der Waals surface area contributed by atoms with Crippen molar-refractivity contribution in [3.63, 3.8) is 0 Å². The van der Waals surface area contributed by atoms with Crippen molar-refractivity contribution in [3.8, 4) is 0 Å². The number of aryl methyl sites for hydroxylation is 1. The van der Waals surface area contributed by atoms with Crippen LogP contribution in [0.2, 0.25) is 0 Å². The van der Waals surface area contributed by atoms with E-state index in [-0.39, 0.29) is 11.8 Å². The van der Waals surface area contributed by atoms with Crippen molar-refractivity contribution in [3.05, 3.63) is 34.9 Å². The molecular formula is C27H45N3O4. The molecule has 0 heterocycles. The molecule has 34 heavy (non-hydrogen) atoms. The normalized spacial score (nSPS) is 13.1. The Morgan fingerprint density at radius 1 is 1.03 bits per heavy atom. The smallest absolute Gasteiger partial charge is 0.408 e. The minimum Gasteiger partial charge on any atom is -0.444 e. The third kappa shape index (κ3) is 9.35. The second kappa shape index (κ2) is 14.0. The lowest BCUT2D eigenvalue weighted by Crippen LogP contribution is -2.52. The highest BCUT2D eigenvalue weighted by Crippen LogP contribution is 2.28. The van der Waals surface area contributed by atoms with Crippen LogP contribution in [-0.4, -0.2) is 47.5 Å². The molecule has 0 fully saturated rings. The summed E-state index contributed by atoms with van der Waals surface area (Å²) in [5.74, 6) is -0.505. The molecule has 3 amide bonds. The van der Waals surface area contributed by atoms with Gasteiger partial charge in [-0.1, -0.05) is 51.3 Å². The molecule has 1 rings (SSSR count). The monoisotopic (exact) mass is 475 g/mol. The third-order valence-corrected chi connectivity index (χ3v) is 5.72. The van der Waals surface area contributed by atoms with Crippen molar-refractivity contribution in [2.24, 2.45) is 0 Å². The van der Waals surface area contributed by atoms with E-state index in [2.05, 4.69) is 24.5 Å². The number of alkyl carbamates (subject to hydrolysis) is 1. The molecule has 0 bridgehead atoms. The Bertz CT molecular complexity index is 817. The van der Waals surface area contributed by atoms with E-state index < -0.39 is 23.8 Å². The van der Waals surface area contributed by atoms with Gasteiger partial charge in [0.1, 0.15) is 17.7 Å². The molecule has 0 saturated heterocycles. The van der Waals surface area contributed by atoms with E-state index >= 15 is 0 Å². The third-order valence-electron chi connectivity index (χ3n) is 5.72. The van der Waals surface area contributed by atoms with Gasteiger partial charge in [0.25, 0.3) is 0 Å². The lowest BCUT2D eigenvalue weighted by Gasteiger charge is -2.34. The van der Waals surface area contributed by atoms with Gasteiger partial charge in [-0.2, -0.15) is 0 Å². The molecule has 2 unspecified atom stereocenters. The first-order valence-electron chi connectivity index (χ1n) is 12.6. The van der Waals surface area contributed by atoms with Crippen LogP contribution in [0.5, 0.6) is 0 Å². The van der Waals surface area contributed by atoms with Gasteiger partial charge in [0, 0.05) is 13.1 Å². The highest BCUT2D eigenvalue weighted by atomic mass is 16.6. The minimum absolute atomic E-state index is 0.198. The number of benzene rings is 1. The largest absolute Gasteiger partial charge is 0.444 e. The van der Waals surface area contributed by atoms with Crippen LogP contribution in [-0.2, 0) is 14.3 Å². The number of carbonyl (C=O) groups excluding carboxylic acids is 3. The number of unbranched alkanes of at least 4 members (excludes halogenated alkanes) is 3. The fourth-order valence-corrected chi connectivity index (χ4v) is 3.70. The van der Waals surface area contributed by atoms with Crippen LogP contribution < -0.4 is 10.6 Å². The van der Waals surface area contributed by atoms with Gasteiger partial charge in [0.2, 0.25) is 11.8 Å². The summed E-state index contributed by atoms with van der Waals surface area (Å²) in [5.41, 5.74) is 2.18. The van der Waals surface area contributed by atoms with Crippen molar-refractivity contribution in [2.75, 3.05) is 13.1 Å². The van der Waals surface area contributed by atoms with E-state index in [1.54, 1.807) is 32.6 Å². The number of amides is 3. The van der Waals surface area contributed by atoms with E-state index in [0.29, 0.717) is 13.1 Å². The van der Waals surface area contributed by atoms with Crippen LogP contribution in [0.25, 0.3) is 0 Å². The summed E-state index contributed by atoms with van der Waals surface area (Å²) >= 11 is 0. The summed E-state index contributed by atoms with van der Waals surface area (Å²) in [6.45, 7) is 16.1. The van der Waals surface area contributed by atoms with Crippen LogP contribution >= 0.6 is 0 Å². The van der Waals surface area contributed by atoms with Gasteiger partial charge in [-0.3, -0.25) is 9.59 Å². The van der Waals surface area contributed by atoms with Crippen molar-refractivity contribution < 1.29 is 19.1 Å². The standard InChI is InChI=1S/C27H45N3O4/c1-9-11-13-18-30(25(32)21(5)29-26(33)34-27(6,7)8)23(24(31)28-17-12-10-2)22-16-14-15-19(3)20(22)4/h14-16,21,23H,9-13,17-18H2,1-8H3,(H,28,31)(H,29,33). The highest BCUT2D eigenvalue weighted by Gasteiger charge is 2.35. The second-order valence-electron chi connectivity index (χ2n) is 9.94. The van der Waals surface area contributed by atoms with Gasteiger partial charge < -0.3 is 20.3 Å². The molecule has 0 aliphatic rings. The zero-order valence-corrected chi connectivity index (χ0v) is 22.4. The first-order chi connectivity index (χ1) is 15.9. The van der Waals surface area contributed by atoms with E-state index in [0.717, 1.165) is 48.8 Å². The van der Waals surface area contributed by atoms with Gasteiger partial charge in [-0.05, 0) is 71.1 Å². The molecule has 7 nitrogen and oxygen atoms in total. The Morgan fingerprint density at radius 3 is 2.26 bits per heavy atom. The maximum atomic E-state index is 13.7. The molecule has 0 aliphatic heterocycles. The molecule has 2 atom stereocenters. The van der Waals surface area contributed by atoms with Crippen LogP contribution in [0, 0.1) is 13.8 Å². The topological polar surface area (TPSA) is 87.7 Å². The molecule has 1 aromatic rings. The SMILES string of the molecule is CCCCCN(C(=O)C(C)NC(=O)OC(C)(C)C)C(C(=O)NCCCC)c1cccc(C)c1C. The van der Waals surface area contributed by atoms with Gasteiger partial charge in [0.05, 0.1) is 0 Å². The molecule has 1 aromatic carbocycles. The molecule has 2 N–H and O–H groups in total. The number of carbonyl (C=O) groups is 3. The number of nitrogens with one attached hydrogen (secondary N) is 2. The fourth-order valence-electron chi connectivity index (χ4n) is 3.70. The molecule has 7 heteroatoms. The van der Waals surface area contributed by atoms with Gasteiger partial charge >= 0.3 is 6.09 Å². The number of nitrogens with zero attached hydrogens (tertiary/aromatic N) is 1. The van der Waals surface area contributed by atoms with Crippen molar-refractivity contribution in [1.29, 1.82) is 0 Å². The van der Waals surface area contributed by atoms with E-state index in [9.17, 15) is 14.4 Å². The van der Waals surface area contributed by atoms with Crippen LogP contribution in [0.3, 0.4) is 0 Å². The zero-order valence-electron chi connectivity index (χ0n) is 22.4. The summed E-state index contributed by atoms with van der Waals surface area (Å²) in [6.07, 6.45) is 3.87. The maximum absolute atomic E-state index is 13.7. The van der Waals surface area contributed by atoms with E-state index in [1.807, 2.05) is 32.0 Å². The van der Waals surface area contributed by atoms with Gasteiger partial charge in [-0.25, -0.2) is 4.79 Å². The highest BCUT2D eigenvalue weighted by molar-refractivity contribution is 5.92. The number of ether oxygens (including phenoxy) is 1.